The van der Waals surface area contributed by atoms with Crippen LogP contribution in [0.15, 0.2) is 97.1 Å². The highest BCUT2D eigenvalue weighted by Crippen LogP contribution is 2.35. The van der Waals surface area contributed by atoms with Crippen LogP contribution in [0.4, 0.5) is 40.3 Å². The molecule has 0 aliphatic carbocycles. The van der Waals surface area contributed by atoms with Crippen molar-refractivity contribution in [2.24, 2.45) is 0 Å². The van der Waals surface area contributed by atoms with Crippen LogP contribution in [0.2, 0.25) is 0 Å². The summed E-state index contributed by atoms with van der Waals surface area (Å²) in [6, 6.07) is 26.8. The number of carboxylic acid groups (broad SMARTS) is 1. The molecule has 0 atom stereocenters. The second-order valence-electron chi connectivity index (χ2n) is 18.6. The van der Waals surface area contributed by atoms with Gasteiger partial charge in [0.25, 0.3) is 30.5 Å². The van der Waals surface area contributed by atoms with E-state index in [1.54, 1.807) is 12.1 Å². The Morgan fingerprint density at radius 2 is 1.09 bits per heavy atom. The number of nitrogen functional groups attached to an aromatic ring is 1. The number of nitrogens with one attached hydrogen (secondary N) is 1. The number of aryl methyl sites for hydroxylation is 2. The van der Waals surface area contributed by atoms with Crippen LogP contribution < -0.4 is 30.3 Å². The van der Waals surface area contributed by atoms with Gasteiger partial charge in [0.2, 0.25) is 0 Å². The van der Waals surface area contributed by atoms with E-state index in [1.165, 1.54) is 42.5 Å². The van der Waals surface area contributed by atoms with Gasteiger partial charge in [0.05, 0.1) is 56.6 Å². The predicted octanol–water partition coefficient (Wildman–Crippen LogP) is 11.6. The van der Waals surface area contributed by atoms with Gasteiger partial charge >= 0.3 is 5.97 Å². The number of carbonyl (C=O) groups excluding carboxylic acids is 1. The first kappa shape index (κ1) is 61.4. The van der Waals surface area contributed by atoms with E-state index >= 15 is 0 Å². The van der Waals surface area contributed by atoms with Crippen molar-refractivity contribution in [1.82, 2.24) is 25.3 Å². The zero-order valence-electron chi connectivity index (χ0n) is 45.9. The first-order chi connectivity index (χ1) is 37.3. The summed E-state index contributed by atoms with van der Waals surface area (Å²) in [6.45, 7) is 26.9. The van der Waals surface area contributed by atoms with Crippen molar-refractivity contribution in [3.05, 3.63) is 130 Å². The van der Waals surface area contributed by atoms with Crippen molar-refractivity contribution in [3.63, 3.8) is 0 Å². The molecule has 2 aliphatic heterocycles. The van der Waals surface area contributed by atoms with Gasteiger partial charge in [-0.3, -0.25) is 9.69 Å². The molecule has 0 unspecified atom stereocenters. The lowest BCUT2D eigenvalue weighted by Gasteiger charge is -2.29. The molecule has 420 valence electrons. The van der Waals surface area contributed by atoms with E-state index in [0.717, 1.165) is 78.1 Å². The van der Waals surface area contributed by atoms with E-state index < -0.39 is 24.7 Å². The van der Waals surface area contributed by atoms with Gasteiger partial charge < -0.3 is 44.9 Å². The standard InChI is InChI=1S/C25H26F2N4O3.C17H22N4O2.C8H6F2O2.C8H19N/c1-3-34-25-22(31-9-11-33-12-10-31)15-21(29-30-25)20-14-19(8-7-16(20)2)28-24(32)18-6-4-5-17(13-18)23(26)27;1-3-23-17-16(21-6-8-22-9-7-21)11-15(19-20-17)14-10-13(18)5-4-12(14)2;9-7(10)5-2-1-3-6(4-5)8(11)12;1-6-9(7(2)3)8(4)5/h4-8,13-15,23H,3,9-12H2,1-2H3,(H,28,32);4-5,10-11H,3,6-9,18H2,1-2H3;1-4,7H,(H,11,12);7-8H,6H2,1-5H3. The van der Waals surface area contributed by atoms with Gasteiger partial charge in [-0.05, 0) is 134 Å². The summed E-state index contributed by atoms with van der Waals surface area (Å²) in [5, 5.41) is 28.5. The molecule has 0 spiro atoms. The molecule has 6 aromatic rings. The van der Waals surface area contributed by atoms with Gasteiger partial charge in [-0.2, -0.15) is 0 Å². The van der Waals surface area contributed by atoms with Crippen molar-refractivity contribution >= 4 is 34.6 Å². The maximum atomic E-state index is 13.0. The molecule has 2 aliphatic rings. The molecule has 78 heavy (non-hydrogen) atoms. The molecule has 2 aromatic heterocycles. The molecule has 2 saturated heterocycles. The van der Waals surface area contributed by atoms with Gasteiger partial charge in [-0.1, -0.05) is 43.3 Å². The number of nitrogens with two attached hydrogens (primary N) is 1. The van der Waals surface area contributed by atoms with E-state index in [0.29, 0.717) is 80.6 Å². The van der Waals surface area contributed by atoms with Crippen molar-refractivity contribution in [2.45, 2.75) is 87.2 Å². The number of nitrogens with zero attached hydrogens (tertiary/aromatic N) is 7. The fourth-order valence-electron chi connectivity index (χ4n) is 8.59. The van der Waals surface area contributed by atoms with Crippen LogP contribution in [0.5, 0.6) is 11.8 Å². The largest absolute Gasteiger partial charge is 0.478 e. The quantitative estimate of drug-likeness (QED) is 0.0612. The second-order valence-corrected chi connectivity index (χ2v) is 18.6. The first-order valence-electron chi connectivity index (χ1n) is 26.1. The van der Waals surface area contributed by atoms with Crippen molar-refractivity contribution in [2.75, 3.05) is 93.2 Å². The number of morpholine rings is 2. The zero-order chi connectivity index (χ0) is 56.9. The van der Waals surface area contributed by atoms with Gasteiger partial charge in [-0.15, -0.1) is 20.4 Å². The summed E-state index contributed by atoms with van der Waals surface area (Å²) in [5.74, 6) is -0.629. The van der Waals surface area contributed by atoms with E-state index in [9.17, 15) is 27.2 Å². The molecule has 1 amide bonds. The number of ether oxygens (including phenoxy) is 4. The Morgan fingerprint density at radius 3 is 1.51 bits per heavy atom. The van der Waals surface area contributed by atoms with Crippen molar-refractivity contribution < 1.29 is 51.2 Å². The van der Waals surface area contributed by atoms with E-state index in [1.807, 2.05) is 64.1 Å². The minimum atomic E-state index is -2.64. The Balaban J connectivity index is 0.000000218. The highest BCUT2D eigenvalue weighted by atomic mass is 19.3. The molecule has 0 radical (unpaired) electrons. The average Bonchev–Trinajstić information content (AvgIpc) is 3.48. The summed E-state index contributed by atoms with van der Waals surface area (Å²) in [4.78, 5) is 29.9. The number of amides is 1. The maximum Gasteiger partial charge on any atom is 0.335 e. The number of hydrogen-bond donors (Lipinski definition) is 3. The van der Waals surface area contributed by atoms with Crippen LogP contribution in [0.3, 0.4) is 0 Å². The molecule has 0 bridgehead atoms. The molecule has 2 fully saturated rings. The summed E-state index contributed by atoms with van der Waals surface area (Å²) >= 11 is 0. The van der Waals surface area contributed by atoms with E-state index in [-0.39, 0.29) is 22.3 Å². The van der Waals surface area contributed by atoms with Crippen LogP contribution in [0.25, 0.3) is 22.5 Å². The normalized spacial score (nSPS) is 13.3. The fraction of sp³-hybridized carbons (Fsp3) is 0.414. The lowest BCUT2D eigenvalue weighted by molar-refractivity contribution is 0.0696. The van der Waals surface area contributed by atoms with Crippen LogP contribution in [-0.4, -0.2) is 127 Å². The maximum absolute atomic E-state index is 13.0. The average molecular weight is 1080 g/mol. The number of aromatic carboxylic acids is 1. The summed E-state index contributed by atoms with van der Waals surface area (Å²) in [5.41, 5.74) is 13.8. The third kappa shape index (κ3) is 17.8. The minimum Gasteiger partial charge on any atom is -0.478 e. The van der Waals surface area contributed by atoms with Gasteiger partial charge in [-0.25, -0.2) is 22.4 Å². The SMILES string of the molecule is CCN(C(C)C)C(C)C.CCOc1nnc(-c2cc(N)ccc2C)cc1N1CCOCC1.CCOc1nnc(-c2cc(NC(=O)c3cccc(C(F)F)c3)ccc2C)cc1N1CCOCC1.O=C(O)c1cccc(C(F)F)c1. The summed E-state index contributed by atoms with van der Waals surface area (Å²) in [7, 11) is 0. The third-order valence-corrected chi connectivity index (χ3v) is 12.5. The molecule has 8 rings (SSSR count). The lowest BCUT2D eigenvalue weighted by Crippen LogP contribution is -2.36. The topological polar surface area (TPSA) is 191 Å². The molecule has 16 nitrogen and oxygen atoms in total. The van der Waals surface area contributed by atoms with Crippen LogP contribution in [-0.2, 0) is 9.47 Å². The molecule has 4 heterocycles. The summed E-state index contributed by atoms with van der Waals surface area (Å²) < 4.78 is 72.3. The van der Waals surface area contributed by atoms with Crippen molar-refractivity contribution in [3.8, 4) is 34.3 Å². The monoisotopic (exact) mass is 1080 g/mol. The molecule has 4 aromatic carbocycles. The fourth-order valence-corrected chi connectivity index (χ4v) is 8.59. The Labute approximate surface area is 454 Å². The zero-order valence-corrected chi connectivity index (χ0v) is 45.9. The smallest absolute Gasteiger partial charge is 0.335 e. The van der Waals surface area contributed by atoms with Crippen LogP contribution >= 0.6 is 0 Å². The number of alkyl halides is 4. The first-order valence-corrected chi connectivity index (χ1v) is 26.1. The van der Waals surface area contributed by atoms with E-state index in [4.69, 9.17) is 29.8 Å². The number of benzene rings is 4. The van der Waals surface area contributed by atoms with Gasteiger partial charge in [0, 0.05) is 77.5 Å². The number of hydrogen-bond acceptors (Lipinski definition) is 14. The highest BCUT2D eigenvalue weighted by Gasteiger charge is 2.22. The minimum absolute atomic E-state index is 0.118. The van der Waals surface area contributed by atoms with Gasteiger partial charge in [0.1, 0.15) is 11.4 Å². The Bertz CT molecular complexity index is 2860. The second kappa shape index (κ2) is 30.5. The number of carbonyl (C=O) groups is 2. The number of anilines is 4. The number of rotatable bonds is 16. The summed E-state index contributed by atoms with van der Waals surface area (Å²) in [6.07, 6.45) is -5.26. The Hall–Kier alpha value is -7.42. The Kier molecular flexibility index (Phi) is 24.0. The van der Waals surface area contributed by atoms with Crippen molar-refractivity contribution in [1.29, 1.82) is 0 Å². The van der Waals surface area contributed by atoms with Crippen LogP contribution in [0.1, 0.15) is 104 Å². The van der Waals surface area contributed by atoms with Crippen LogP contribution in [0, 0.1) is 13.8 Å². The molecule has 20 heteroatoms. The van der Waals surface area contributed by atoms with E-state index in [2.05, 4.69) is 75.0 Å². The number of aromatic nitrogens is 4. The lowest BCUT2D eigenvalue weighted by atomic mass is 10.0. The molecule has 0 saturated carbocycles. The third-order valence-electron chi connectivity index (χ3n) is 12.5. The van der Waals surface area contributed by atoms with Gasteiger partial charge in [0.15, 0.2) is 0 Å². The predicted molar refractivity (Wildman–Crippen MR) is 298 cm³/mol. The molecular weight excluding hydrogens is 1010 g/mol. The number of halogens is 4. The number of carboxylic acids is 1. The molecule has 4 N–H and O–H groups in total. The molecular formula is C58H73F4N9O7. The Morgan fingerprint density at radius 1 is 0.641 bits per heavy atom. The highest BCUT2D eigenvalue weighted by molar-refractivity contribution is 6.04.